The van der Waals surface area contributed by atoms with Gasteiger partial charge in [-0.3, -0.25) is 4.79 Å². The zero-order valence-corrected chi connectivity index (χ0v) is 12.9. The number of aromatic nitrogens is 1. The van der Waals surface area contributed by atoms with E-state index in [1.165, 1.54) is 6.42 Å². The molecule has 0 radical (unpaired) electrons. The number of anilines is 1. The van der Waals surface area contributed by atoms with E-state index in [-0.39, 0.29) is 11.3 Å². The largest absolute Gasteiger partial charge is 0.475 e. The van der Waals surface area contributed by atoms with Crippen LogP contribution in [0, 0.1) is 5.41 Å². The Bertz CT molecular complexity index is 453. The van der Waals surface area contributed by atoms with E-state index in [1.807, 2.05) is 6.07 Å². The molecule has 1 aliphatic carbocycles. The summed E-state index contributed by atoms with van der Waals surface area (Å²) >= 11 is 0. The molecule has 1 saturated carbocycles. The molecule has 1 heterocycles. The lowest BCUT2D eigenvalue weighted by atomic mass is 9.75. The molecule has 0 aromatic carbocycles. The van der Waals surface area contributed by atoms with E-state index in [0.29, 0.717) is 24.8 Å². The molecule has 0 aliphatic heterocycles. The summed E-state index contributed by atoms with van der Waals surface area (Å²) in [4.78, 5) is 16.6. The molecular formula is C16H24N2O3. The second-order valence-electron chi connectivity index (χ2n) is 5.80. The summed E-state index contributed by atoms with van der Waals surface area (Å²) in [5, 5.41) is 2.96. The summed E-state index contributed by atoms with van der Waals surface area (Å²) in [6, 6.07) is 3.58. The van der Waals surface area contributed by atoms with Gasteiger partial charge in [0.05, 0.1) is 18.5 Å². The molecule has 0 spiro atoms. The monoisotopic (exact) mass is 292 g/mol. The smallest absolute Gasteiger partial charge is 0.230 e. The number of rotatable bonds is 6. The van der Waals surface area contributed by atoms with Gasteiger partial charge in [0.25, 0.3) is 0 Å². The lowest BCUT2D eigenvalue weighted by Gasteiger charge is -2.31. The third kappa shape index (κ3) is 4.43. The van der Waals surface area contributed by atoms with Gasteiger partial charge in [-0.15, -0.1) is 0 Å². The van der Waals surface area contributed by atoms with Crippen LogP contribution in [-0.2, 0) is 9.53 Å². The van der Waals surface area contributed by atoms with Crippen molar-refractivity contribution < 1.29 is 14.3 Å². The van der Waals surface area contributed by atoms with Crippen LogP contribution < -0.4 is 10.1 Å². The Labute approximate surface area is 126 Å². The molecule has 5 nitrogen and oxygen atoms in total. The van der Waals surface area contributed by atoms with E-state index in [0.717, 1.165) is 25.7 Å². The van der Waals surface area contributed by atoms with Crippen LogP contribution in [0.4, 0.5) is 5.69 Å². The molecule has 21 heavy (non-hydrogen) atoms. The van der Waals surface area contributed by atoms with Gasteiger partial charge in [-0.2, -0.15) is 0 Å². The molecule has 0 atom stereocenters. The Morgan fingerprint density at radius 2 is 2.05 bits per heavy atom. The molecule has 116 valence electrons. The number of carbonyl (C=O) groups excluding carboxylic acids is 1. The fraction of sp³-hybridized carbons (Fsp3) is 0.625. The molecule has 5 heteroatoms. The fourth-order valence-electron chi connectivity index (χ4n) is 2.61. The molecule has 1 N–H and O–H groups in total. The van der Waals surface area contributed by atoms with Crippen molar-refractivity contribution in [3.8, 4) is 5.88 Å². The van der Waals surface area contributed by atoms with Crippen molar-refractivity contribution in [2.75, 3.05) is 25.6 Å². The molecule has 2 rings (SSSR count). The zero-order valence-electron chi connectivity index (χ0n) is 12.9. The van der Waals surface area contributed by atoms with Gasteiger partial charge in [0.2, 0.25) is 11.8 Å². The molecular weight excluding hydrogens is 268 g/mol. The highest BCUT2D eigenvalue weighted by molar-refractivity contribution is 5.94. The maximum Gasteiger partial charge on any atom is 0.230 e. The number of nitrogens with zero attached hydrogens (tertiary/aromatic N) is 1. The topological polar surface area (TPSA) is 60.5 Å². The Kier molecular flexibility index (Phi) is 5.56. The van der Waals surface area contributed by atoms with Crippen LogP contribution in [0.2, 0.25) is 0 Å². The Hall–Kier alpha value is -1.62. The Balaban J connectivity index is 1.89. The predicted octanol–water partition coefficient (Wildman–Crippen LogP) is 3.02. The molecule has 1 aromatic heterocycles. The first-order valence-corrected chi connectivity index (χ1v) is 7.53. The molecule has 0 saturated heterocycles. The highest BCUT2D eigenvalue weighted by Gasteiger charge is 2.34. The third-order valence-corrected chi connectivity index (χ3v) is 4.04. The number of carbonyl (C=O) groups is 1. The van der Waals surface area contributed by atoms with Crippen molar-refractivity contribution >= 4 is 11.6 Å². The minimum absolute atomic E-state index is 0.0945. The SMILES string of the molecule is COCCOc1ccc(NC(=O)C2(C)CCCCC2)cn1. The maximum absolute atomic E-state index is 12.4. The summed E-state index contributed by atoms with van der Waals surface area (Å²) in [6.07, 6.45) is 7.06. The van der Waals surface area contributed by atoms with Crippen LogP contribution in [0.25, 0.3) is 0 Å². The van der Waals surface area contributed by atoms with E-state index in [1.54, 1.807) is 19.4 Å². The Morgan fingerprint density at radius 1 is 1.29 bits per heavy atom. The van der Waals surface area contributed by atoms with Gasteiger partial charge < -0.3 is 14.8 Å². The third-order valence-electron chi connectivity index (χ3n) is 4.04. The first kappa shape index (κ1) is 15.8. The predicted molar refractivity (Wildman–Crippen MR) is 81.4 cm³/mol. The van der Waals surface area contributed by atoms with Gasteiger partial charge in [0, 0.05) is 18.6 Å². The summed E-state index contributed by atoms with van der Waals surface area (Å²) < 4.78 is 10.3. The second kappa shape index (κ2) is 7.41. The Morgan fingerprint density at radius 3 is 2.67 bits per heavy atom. The number of pyridine rings is 1. The van der Waals surface area contributed by atoms with Crippen molar-refractivity contribution in [2.45, 2.75) is 39.0 Å². The van der Waals surface area contributed by atoms with Crippen molar-refractivity contribution in [1.82, 2.24) is 4.98 Å². The first-order valence-electron chi connectivity index (χ1n) is 7.53. The standard InChI is InChI=1S/C16H24N2O3/c1-16(8-4-3-5-9-16)15(19)18-13-6-7-14(17-12-13)21-11-10-20-2/h6-7,12H,3-5,8-11H2,1-2H3,(H,18,19). The van der Waals surface area contributed by atoms with Gasteiger partial charge >= 0.3 is 0 Å². The lowest BCUT2D eigenvalue weighted by molar-refractivity contribution is -0.126. The van der Waals surface area contributed by atoms with Gasteiger partial charge in [0.15, 0.2) is 0 Å². The van der Waals surface area contributed by atoms with E-state index in [9.17, 15) is 4.79 Å². The maximum atomic E-state index is 12.4. The number of nitrogens with one attached hydrogen (secondary N) is 1. The lowest BCUT2D eigenvalue weighted by Crippen LogP contribution is -2.35. The van der Waals surface area contributed by atoms with Crippen LogP contribution in [0.5, 0.6) is 5.88 Å². The van der Waals surface area contributed by atoms with Gasteiger partial charge in [-0.1, -0.05) is 26.2 Å². The van der Waals surface area contributed by atoms with Crippen LogP contribution in [0.3, 0.4) is 0 Å². The van der Waals surface area contributed by atoms with Crippen LogP contribution in [-0.4, -0.2) is 31.2 Å². The van der Waals surface area contributed by atoms with Crippen molar-refractivity contribution in [3.63, 3.8) is 0 Å². The number of amides is 1. The normalized spacial score (nSPS) is 17.2. The molecule has 0 bridgehead atoms. The second-order valence-corrected chi connectivity index (χ2v) is 5.80. The minimum atomic E-state index is -0.244. The fourth-order valence-corrected chi connectivity index (χ4v) is 2.61. The summed E-state index contributed by atoms with van der Waals surface area (Å²) in [5.74, 6) is 0.631. The highest BCUT2D eigenvalue weighted by atomic mass is 16.5. The summed E-state index contributed by atoms with van der Waals surface area (Å²) in [5.41, 5.74) is 0.470. The van der Waals surface area contributed by atoms with E-state index < -0.39 is 0 Å². The molecule has 1 fully saturated rings. The van der Waals surface area contributed by atoms with Crippen molar-refractivity contribution in [2.24, 2.45) is 5.41 Å². The quantitative estimate of drug-likeness (QED) is 0.819. The van der Waals surface area contributed by atoms with Gasteiger partial charge in [0.1, 0.15) is 6.61 Å². The number of hydrogen-bond acceptors (Lipinski definition) is 4. The van der Waals surface area contributed by atoms with Crippen LogP contribution >= 0.6 is 0 Å². The van der Waals surface area contributed by atoms with Crippen molar-refractivity contribution in [3.05, 3.63) is 18.3 Å². The minimum Gasteiger partial charge on any atom is -0.475 e. The summed E-state index contributed by atoms with van der Waals surface area (Å²) in [7, 11) is 1.63. The van der Waals surface area contributed by atoms with E-state index in [2.05, 4.69) is 17.2 Å². The molecule has 1 aromatic rings. The average molecular weight is 292 g/mol. The number of hydrogen-bond donors (Lipinski definition) is 1. The van der Waals surface area contributed by atoms with E-state index >= 15 is 0 Å². The van der Waals surface area contributed by atoms with Gasteiger partial charge in [-0.05, 0) is 18.9 Å². The molecule has 0 unspecified atom stereocenters. The number of methoxy groups -OCH3 is 1. The molecule has 1 aliphatic rings. The number of ether oxygens (including phenoxy) is 2. The van der Waals surface area contributed by atoms with Gasteiger partial charge in [-0.25, -0.2) is 4.98 Å². The first-order chi connectivity index (χ1) is 10.1. The van der Waals surface area contributed by atoms with Crippen LogP contribution in [0.1, 0.15) is 39.0 Å². The summed E-state index contributed by atoms with van der Waals surface area (Å²) in [6.45, 7) is 3.04. The van der Waals surface area contributed by atoms with Crippen LogP contribution in [0.15, 0.2) is 18.3 Å². The average Bonchev–Trinajstić information content (AvgIpc) is 2.50. The highest BCUT2D eigenvalue weighted by Crippen LogP contribution is 2.36. The van der Waals surface area contributed by atoms with E-state index in [4.69, 9.17) is 9.47 Å². The molecule has 1 amide bonds. The zero-order chi connectivity index (χ0) is 15.1. The van der Waals surface area contributed by atoms with Crippen molar-refractivity contribution in [1.29, 1.82) is 0 Å².